The van der Waals surface area contributed by atoms with Crippen molar-refractivity contribution in [3.63, 3.8) is 0 Å². The summed E-state index contributed by atoms with van der Waals surface area (Å²) >= 11 is 0. The Labute approximate surface area is 202 Å². The first-order valence-corrected chi connectivity index (χ1v) is 12.0. The topological polar surface area (TPSA) is 101 Å². The molecule has 0 heterocycles. The molecular formula is C27H38N2O5. The molecule has 7 nitrogen and oxygen atoms in total. The molecule has 0 spiro atoms. The van der Waals surface area contributed by atoms with Crippen molar-refractivity contribution in [2.75, 3.05) is 26.7 Å². The molecule has 0 aliphatic carbocycles. The Bertz CT molecular complexity index is 960. The van der Waals surface area contributed by atoms with Gasteiger partial charge in [0.1, 0.15) is 17.3 Å². The average Bonchev–Trinajstić information content (AvgIpc) is 2.82. The summed E-state index contributed by atoms with van der Waals surface area (Å²) in [6.07, 6.45) is 2.25. The summed E-state index contributed by atoms with van der Waals surface area (Å²) in [4.78, 5) is 26.8. The van der Waals surface area contributed by atoms with Gasteiger partial charge in [-0.1, -0.05) is 38.1 Å². The fourth-order valence-electron chi connectivity index (χ4n) is 3.83. The van der Waals surface area contributed by atoms with E-state index in [1.54, 1.807) is 18.2 Å². The second kappa shape index (κ2) is 13.7. The predicted molar refractivity (Wildman–Crippen MR) is 133 cm³/mol. The Kier molecular flexibility index (Phi) is 11.0. The maximum atomic E-state index is 11.6. The Hall–Kier alpha value is -2.90. The molecule has 3 N–H and O–H groups in total. The van der Waals surface area contributed by atoms with Gasteiger partial charge in [-0.25, -0.2) is 0 Å². The molecule has 0 fully saturated rings. The lowest BCUT2D eigenvalue weighted by Gasteiger charge is -2.25. The summed E-state index contributed by atoms with van der Waals surface area (Å²) in [6.45, 7) is 7.49. The molecule has 34 heavy (non-hydrogen) atoms. The number of phenolic OH excluding ortho intramolecular Hbond substituents is 2. The molecule has 0 saturated carbocycles. The molecule has 0 bridgehead atoms. The third kappa shape index (κ3) is 9.15. The van der Waals surface area contributed by atoms with Gasteiger partial charge in [0.05, 0.1) is 0 Å². The van der Waals surface area contributed by atoms with E-state index in [1.165, 1.54) is 0 Å². The summed E-state index contributed by atoms with van der Waals surface area (Å²) in [7, 11) is 1.99. The molecular weight excluding hydrogens is 432 g/mol. The largest absolute Gasteiger partial charge is 0.508 e. The zero-order valence-electron chi connectivity index (χ0n) is 20.6. The Morgan fingerprint density at radius 1 is 0.824 bits per heavy atom. The van der Waals surface area contributed by atoms with Crippen LogP contribution in [0.2, 0.25) is 0 Å². The molecule has 0 aliphatic heterocycles. The van der Waals surface area contributed by atoms with Crippen LogP contribution in [0.4, 0.5) is 0 Å². The van der Waals surface area contributed by atoms with Gasteiger partial charge >= 0.3 is 5.97 Å². The van der Waals surface area contributed by atoms with Crippen LogP contribution < -0.4 is 0 Å². The van der Waals surface area contributed by atoms with E-state index in [0.29, 0.717) is 38.8 Å². The van der Waals surface area contributed by atoms with Gasteiger partial charge in [0.25, 0.3) is 0 Å². The van der Waals surface area contributed by atoms with Crippen molar-refractivity contribution in [3.8, 4) is 11.5 Å². The fraction of sp³-hybridized carbons (Fsp3) is 0.481. The number of rotatable bonds is 15. The molecule has 0 saturated heterocycles. The Morgan fingerprint density at radius 2 is 1.38 bits per heavy atom. The summed E-state index contributed by atoms with van der Waals surface area (Å²) in [5.74, 6) is -0.120. The molecule has 2 aromatic carbocycles. The van der Waals surface area contributed by atoms with E-state index in [2.05, 4.69) is 16.7 Å². The number of benzene rings is 2. The van der Waals surface area contributed by atoms with Crippen LogP contribution in [0.15, 0.2) is 36.4 Å². The summed E-state index contributed by atoms with van der Waals surface area (Å²) in [5.41, 5.74) is 3.59. The minimum absolute atomic E-state index is 0.0640. The second-order valence-electron chi connectivity index (χ2n) is 8.82. The van der Waals surface area contributed by atoms with Gasteiger partial charge in [0, 0.05) is 56.6 Å². The lowest BCUT2D eigenvalue weighted by atomic mass is 10.0. The van der Waals surface area contributed by atoms with Crippen molar-refractivity contribution in [1.82, 2.24) is 9.80 Å². The number of aliphatic carboxylic acids is 1. The number of carbonyl (C=O) groups is 2. The molecule has 0 atom stereocenters. The number of hydrogen-bond acceptors (Lipinski definition) is 6. The summed E-state index contributed by atoms with van der Waals surface area (Å²) in [6, 6.07) is 10.8. The van der Waals surface area contributed by atoms with Crippen molar-refractivity contribution >= 4 is 11.8 Å². The highest BCUT2D eigenvalue weighted by molar-refractivity contribution is 5.78. The first-order valence-electron chi connectivity index (χ1n) is 12.0. The van der Waals surface area contributed by atoms with Gasteiger partial charge in [-0.2, -0.15) is 0 Å². The van der Waals surface area contributed by atoms with Crippen LogP contribution in [0, 0.1) is 0 Å². The Morgan fingerprint density at radius 3 is 1.91 bits per heavy atom. The molecule has 0 amide bonds. The van der Waals surface area contributed by atoms with E-state index < -0.39 is 5.97 Å². The molecule has 0 radical (unpaired) electrons. The van der Waals surface area contributed by atoms with E-state index in [9.17, 15) is 19.8 Å². The van der Waals surface area contributed by atoms with Crippen molar-refractivity contribution in [3.05, 3.63) is 58.7 Å². The minimum atomic E-state index is -0.836. The highest BCUT2D eigenvalue weighted by Crippen LogP contribution is 2.23. The number of phenols is 2. The highest BCUT2D eigenvalue weighted by Gasteiger charge is 2.12. The minimum Gasteiger partial charge on any atom is -0.508 e. The number of aromatic hydroxyl groups is 2. The van der Waals surface area contributed by atoms with Crippen molar-refractivity contribution in [1.29, 1.82) is 0 Å². The SMILES string of the molecule is CCC(=O)CCc1ccc(O)c(CN(CC)CCN(C)Cc2cc(CCC(=O)O)ccc2O)c1. The van der Waals surface area contributed by atoms with Crippen molar-refractivity contribution in [2.45, 2.75) is 59.0 Å². The normalized spacial score (nSPS) is 11.3. The van der Waals surface area contributed by atoms with Crippen molar-refractivity contribution in [2.24, 2.45) is 0 Å². The summed E-state index contributed by atoms with van der Waals surface area (Å²) in [5, 5.41) is 29.5. The van der Waals surface area contributed by atoms with Gasteiger partial charge in [0.2, 0.25) is 0 Å². The van der Waals surface area contributed by atoms with E-state index in [0.717, 1.165) is 41.9 Å². The van der Waals surface area contributed by atoms with Crippen LogP contribution in [-0.4, -0.2) is 63.6 Å². The van der Waals surface area contributed by atoms with Crippen LogP contribution in [0.5, 0.6) is 11.5 Å². The summed E-state index contributed by atoms with van der Waals surface area (Å²) < 4.78 is 0. The smallest absolute Gasteiger partial charge is 0.303 e. The number of carboxylic acids is 1. The van der Waals surface area contributed by atoms with E-state index in [4.69, 9.17) is 5.11 Å². The number of Topliss-reactive ketones (excluding diaryl/α,β-unsaturated/α-hetero) is 1. The third-order valence-corrected chi connectivity index (χ3v) is 6.08. The van der Waals surface area contributed by atoms with E-state index in [1.807, 2.05) is 32.2 Å². The quantitative estimate of drug-likeness (QED) is 0.362. The number of likely N-dealkylation sites (N-methyl/N-ethyl adjacent to an activating group) is 2. The Balaban J connectivity index is 1.93. The molecule has 0 unspecified atom stereocenters. The van der Waals surface area contributed by atoms with Crippen LogP contribution in [-0.2, 0) is 35.5 Å². The van der Waals surface area contributed by atoms with Gasteiger partial charge in [-0.15, -0.1) is 0 Å². The molecule has 7 heteroatoms. The molecule has 2 rings (SSSR count). The zero-order chi connectivity index (χ0) is 25.1. The molecule has 186 valence electrons. The number of carbonyl (C=O) groups excluding carboxylic acids is 1. The van der Waals surface area contributed by atoms with Crippen LogP contribution in [0.25, 0.3) is 0 Å². The second-order valence-corrected chi connectivity index (χ2v) is 8.82. The molecule has 0 aromatic heterocycles. The van der Waals surface area contributed by atoms with Gasteiger partial charge < -0.3 is 20.2 Å². The van der Waals surface area contributed by atoms with Crippen LogP contribution >= 0.6 is 0 Å². The number of hydrogen-bond donors (Lipinski definition) is 3. The standard InChI is InChI=1S/C27H38N2O5/c1-4-24(30)10-6-20-7-12-26(32)23(17-20)19-29(5-2)15-14-28(3)18-22-16-21(8-11-25(22)31)9-13-27(33)34/h7-8,11-12,16-17,31-32H,4-6,9-10,13-15,18-19H2,1-3H3,(H,33,34). The van der Waals surface area contributed by atoms with Crippen molar-refractivity contribution < 1.29 is 24.9 Å². The van der Waals surface area contributed by atoms with Gasteiger partial charge in [-0.05, 0) is 49.7 Å². The molecule has 2 aromatic rings. The molecule has 0 aliphatic rings. The fourth-order valence-corrected chi connectivity index (χ4v) is 3.83. The highest BCUT2D eigenvalue weighted by atomic mass is 16.4. The number of nitrogens with zero attached hydrogens (tertiary/aromatic N) is 2. The lowest BCUT2D eigenvalue weighted by Crippen LogP contribution is -2.32. The third-order valence-electron chi connectivity index (χ3n) is 6.08. The van der Waals surface area contributed by atoms with Crippen LogP contribution in [0.3, 0.4) is 0 Å². The number of aryl methyl sites for hydroxylation is 2. The number of ketones is 1. The van der Waals surface area contributed by atoms with E-state index >= 15 is 0 Å². The zero-order valence-corrected chi connectivity index (χ0v) is 20.6. The van der Waals surface area contributed by atoms with E-state index in [-0.39, 0.29) is 23.7 Å². The first kappa shape index (κ1) is 27.3. The maximum Gasteiger partial charge on any atom is 0.303 e. The number of carboxylic acid groups (broad SMARTS) is 1. The van der Waals surface area contributed by atoms with Gasteiger partial charge in [-0.3, -0.25) is 14.5 Å². The first-order chi connectivity index (χ1) is 16.2. The average molecular weight is 471 g/mol. The monoisotopic (exact) mass is 470 g/mol. The maximum absolute atomic E-state index is 11.6. The lowest BCUT2D eigenvalue weighted by molar-refractivity contribution is -0.137. The van der Waals surface area contributed by atoms with Crippen LogP contribution in [0.1, 0.15) is 55.4 Å². The van der Waals surface area contributed by atoms with Gasteiger partial charge in [0.15, 0.2) is 0 Å². The predicted octanol–water partition coefficient (Wildman–Crippen LogP) is 3.98.